The van der Waals surface area contributed by atoms with Crippen LogP contribution in [0.4, 0.5) is 26.0 Å². The highest BCUT2D eigenvalue weighted by Gasteiger charge is 2.26. The van der Waals surface area contributed by atoms with Crippen LogP contribution in [-0.2, 0) is 0 Å². The zero-order valence-electron chi connectivity index (χ0n) is 14.5. The number of nitrogens with one attached hydrogen (secondary N) is 1. The lowest BCUT2D eigenvalue weighted by Gasteiger charge is -2.11. The highest BCUT2D eigenvalue weighted by Crippen LogP contribution is 2.37. The second kappa shape index (κ2) is 7.43. The summed E-state index contributed by atoms with van der Waals surface area (Å²) >= 11 is 0. The van der Waals surface area contributed by atoms with E-state index in [2.05, 4.69) is 20.3 Å². The summed E-state index contributed by atoms with van der Waals surface area (Å²) in [6.45, 7) is 0. The number of hydrogen-bond donors (Lipinski definition) is 1. The van der Waals surface area contributed by atoms with E-state index in [0.717, 1.165) is 29.9 Å². The zero-order valence-corrected chi connectivity index (χ0v) is 14.5. The van der Waals surface area contributed by atoms with Crippen LogP contribution in [0.2, 0.25) is 0 Å². The van der Waals surface area contributed by atoms with E-state index in [0.29, 0.717) is 5.52 Å². The van der Waals surface area contributed by atoms with Gasteiger partial charge in [-0.2, -0.15) is 4.98 Å². The van der Waals surface area contributed by atoms with E-state index in [1.165, 1.54) is 0 Å². The van der Waals surface area contributed by atoms with Crippen molar-refractivity contribution in [3.63, 3.8) is 0 Å². The monoisotopic (exact) mass is 395 g/mol. The molecule has 0 saturated heterocycles. The molecule has 8 nitrogen and oxygen atoms in total. The lowest BCUT2D eigenvalue weighted by Crippen LogP contribution is -2.05. The first kappa shape index (κ1) is 18.2. The van der Waals surface area contributed by atoms with Crippen molar-refractivity contribution < 1.29 is 18.4 Å². The van der Waals surface area contributed by atoms with Crippen LogP contribution in [0, 0.1) is 21.7 Å². The van der Waals surface area contributed by atoms with E-state index in [9.17, 15) is 18.9 Å². The average Bonchev–Trinajstić information content (AvgIpc) is 2.71. The Kier molecular flexibility index (Phi) is 4.65. The first-order valence-electron chi connectivity index (χ1n) is 8.26. The Morgan fingerprint density at radius 3 is 2.69 bits per heavy atom. The molecule has 0 radical (unpaired) electrons. The summed E-state index contributed by atoms with van der Waals surface area (Å²) in [6, 6.07) is 11.3. The molecule has 4 rings (SSSR count). The Morgan fingerprint density at radius 2 is 1.86 bits per heavy atom. The minimum absolute atomic E-state index is 0.243. The molecule has 2 aromatic heterocycles. The topological polar surface area (TPSA) is 103 Å². The number of nitro groups is 1. The molecule has 0 unspecified atom stereocenters. The summed E-state index contributed by atoms with van der Waals surface area (Å²) in [5.41, 5.74) is -0.470. The van der Waals surface area contributed by atoms with Crippen LogP contribution in [0.5, 0.6) is 11.6 Å². The van der Waals surface area contributed by atoms with E-state index in [1.54, 1.807) is 24.4 Å². The Bertz CT molecular complexity index is 1230. The number of anilines is 2. The molecule has 0 fully saturated rings. The maximum absolute atomic E-state index is 13.9. The number of halogens is 2. The van der Waals surface area contributed by atoms with Crippen LogP contribution < -0.4 is 10.1 Å². The fraction of sp³-hybridized carbons (Fsp3) is 0. The van der Waals surface area contributed by atoms with E-state index >= 15 is 0 Å². The van der Waals surface area contributed by atoms with Crippen LogP contribution in [0.25, 0.3) is 10.9 Å². The first-order chi connectivity index (χ1) is 14.0. The van der Waals surface area contributed by atoms with Gasteiger partial charge in [0.15, 0.2) is 5.75 Å². The number of para-hydroxylation sites is 1. The summed E-state index contributed by atoms with van der Waals surface area (Å²) in [6.07, 6.45) is 2.57. The van der Waals surface area contributed by atoms with Gasteiger partial charge in [0.25, 0.3) is 0 Å². The van der Waals surface area contributed by atoms with Crippen LogP contribution >= 0.6 is 0 Å². The largest absolute Gasteiger partial charge is 0.431 e. The molecule has 4 aromatic rings. The second-order valence-electron chi connectivity index (χ2n) is 5.82. The minimum Gasteiger partial charge on any atom is -0.431 e. The Morgan fingerprint density at radius 1 is 1.03 bits per heavy atom. The van der Waals surface area contributed by atoms with Crippen LogP contribution in [0.1, 0.15) is 0 Å². The van der Waals surface area contributed by atoms with Gasteiger partial charge in [0.2, 0.25) is 5.82 Å². The highest BCUT2D eigenvalue weighted by atomic mass is 19.1. The molecule has 0 saturated carbocycles. The van der Waals surface area contributed by atoms with E-state index in [1.807, 2.05) is 12.1 Å². The quantitative estimate of drug-likeness (QED) is 0.384. The second-order valence-corrected chi connectivity index (χ2v) is 5.82. The molecule has 0 amide bonds. The molecule has 144 valence electrons. The van der Waals surface area contributed by atoms with Crippen molar-refractivity contribution in [1.29, 1.82) is 0 Å². The van der Waals surface area contributed by atoms with Crippen molar-refractivity contribution in [3.8, 4) is 11.6 Å². The van der Waals surface area contributed by atoms with Gasteiger partial charge >= 0.3 is 11.6 Å². The molecule has 0 spiro atoms. The van der Waals surface area contributed by atoms with Gasteiger partial charge in [-0.3, -0.25) is 15.1 Å². The smallest absolute Gasteiger partial charge is 0.373 e. The summed E-state index contributed by atoms with van der Waals surface area (Å²) in [5, 5.41) is 14.8. The Labute approximate surface area is 162 Å². The van der Waals surface area contributed by atoms with Crippen LogP contribution in [0.15, 0.2) is 61.1 Å². The third-order valence-electron chi connectivity index (χ3n) is 3.96. The normalized spacial score (nSPS) is 10.7. The Balaban J connectivity index is 1.77. The summed E-state index contributed by atoms with van der Waals surface area (Å²) in [5.74, 6) is -2.00. The predicted octanol–water partition coefficient (Wildman–Crippen LogP) is 4.75. The van der Waals surface area contributed by atoms with Crippen molar-refractivity contribution in [3.05, 3.63) is 82.8 Å². The van der Waals surface area contributed by atoms with E-state index in [-0.39, 0.29) is 23.1 Å². The SMILES string of the molecule is O=[N+]([O-])c1c(Nc2cc(F)ccc2F)ncnc1Oc1cccc2cccnc12. The maximum atomic E-state index is 13.9. The lowest BCUT2D eigenvalue weighted by atomic mass is 10.2. The van der Waals surface area contributed by atoms with Gasteiger partial charge < -0.3 is 10.1 Å². The summed E-state index contributed by atoms with van der Waals surface area (Å²) in [7, 11) is 0. The molecular formula is C19H11F2N5O3. The van der Waals surface area contributed by atoms with Gasteiger partial charge in [-0.1, -0.05) is 18.2 Å². The van der Waals surface area contributed by atoms with Crippen molar-refractivity contribution in [2.75, 3.05) is 5.32 Å². The fourth-order valence-corrected chi connectivity index (χ4v) is 2.68. The molecular weight excluding hydrogens is 384 g/mol. The minimum atomic E-state index is -0.806. The number of nitrogens with zero attached hydrogens (tertiary/aromatic N) is 4. The zero-order chi connectivity index (χ0) is 20.4. The number of ether oxygens (including phenoxy) is 1. The van der Waals surface area contributed by atoms with Gasteiger partial charge in [0.05, 0.1) is 10.6 Å². The summed E-state index contributed by atoms with van der Waals surface area (Å²) < 4.78 is 33.0. The van der Waals surface area contributed by atoms with Crippen molar-refractivity contribution in [2.45, 2.75) is 0 Å². The van der Waals surface area contributed by atoms with E-state index in [4.69, 9.17) is 4.74 Å². The number of pyridine rings is 1. The Hall–Kier alpha value is -4.21. The molecule has 2 aromatic carbocycles. The number of benzene rings is 2. The number of fused-ring (bicyclic) bond motifs is 1. The van der Waals surface area contributed by atoms with Crippen molar-refractivity contribution in [1.82, 2.24) is 15.0 Å². The highest BCUT2D eigenvalue weighted by molar-refractivity contribution is 5.84. The van der Waals surface area contributed by atoms with Gasteiger partial charge in [-0.25, -0.2) is 13.8 Å². The molecule has 29 heavy (non-hydrogen) atoms. The van der Waals surface area contributed by atoms with Gasteiger partial charge in [-0.15, -0.1) is 0 Å². The number of rotatable bonds is 5. The van der Waals surface area contributed by atoms with Crippen LogP contribution in [-0.4, -0.2) is 19.9 Å². The molecule has 0 bridgehead atoms. The van der Waals surface area contributed by atoms with Crippen molar-refractivity contribution in [2.24, 2.45) is 0 Å². The molecule has 1 N–H and O–H groups in total. The molecule has 0 aliphatic rings. The van der Waals surface area contributed by atoms with Gasteiger partial charge in [0.1, 0.15) is 23.5 Å². The van der Waals surface area contributed by atoms with Gasteiger partial charge in [-0.05, 0) is 24.3 Å². The van der Waals surface area contributed by atoms with E-state index < -0.39 is 22.2 Å². The first-order valence-corrected chi connectivity index (χ1v) is 8.26. The number of hydrogen-bond acceptors (Lipinski definition) is 7. The fourth-order valence-electron chi connectivity index (χ4n) is 2.68. The van der Waals surface area contributed by atoms with Gasteiger partial charge in [0, 0.05) is 17.6 Å². The third kappa shape index (κ3) is 3.63. The predicted molar refractivity (Wildman–Crippen MR) is 100 cm³/mol. The number of aromatic nitrogens is 3. The molecule has 10 heteroatoms. The molecule has 0 atom stereocenters. The molecule has 2 heterocycles. The standard InChI is InChI=1S/C19H11F2N5O3/c20-12-6-7-13(21)14(9-12)25-18-17(26(27)28)19(24-10-23-18)29-15-5-1-3-11-4-2-8-22-16(11)15/h1-10H,(H,23,24,25). The summed E-state index contributed by atoms with van der Waals surface area (Å²) in [4.78, 5) is 22.7. The maximum Gasteiger partial charge on any atom is 0.373 e. The molecule has 0 aliphatic heterocycles. The molecule has 0 aliphatic carbocycles. The van der Waals surface area contributed by atoms with Crippen molar-refractivity contribution >= 4 is 28.1 Å². The van der Waals surface area contributed by atoms with Crippen LogP contribution in [0.3, 0.4) is 0 Å². The third-order valence-corrected chi connectivity index (χ3v) is 3.96. The lowest BCUT2D eigenvalue weighted by molar-refractivity contribution is -0.385. The average molecular weight is 395 g/mol.